The first-order valence-electron chi connectivity index (χ1n) is 10.8. The summed E-state index contributed by atoms with van der Waals surface area (Å²) in [6.07, 6.45) is 0.0234. The third-order valence-corrected chi connectivity index (χ3v) is 6.67. The van der Waals surface area contributed by atoms with Gasteiger partial charge in [-0.3, -0.25) is 4.90 Å². The van der Waals surface area contributed by atoms with E-state index in [1.807, 2.05) is 12.1 Å². The Morgan fingerprint density at radius 3 is 2.65 bits per heavy atom. The number of rotatable bonds is 6. The van der Waals surface area contributed by atoms with Crippen LogP contribution in [0.25, 0.3) is 0 Å². The highest BCUT2D eigenvalue weighted by Crippen LogP contribution is 2.56. The van der Waals surface area contributed by atoms with Gasteiger partial charge in [0.2, 0.25) is 6.79 Å². The number of hydrogen-bond donors (Lipinski definition) is 0. The molecule has 5 nitrogen and oxygen atoms in total. The van der Waals surface area contributed by atoms with E-state index >= 15 is 0 Å². The van der Waals surface area contributed by atoms with Crippen molar-refractivity contribution in [1.82, 2.24) is 4.90 Å². The monoisotopic (exact) mass is 415 g/mol. The molecule has 0 aromatic heterocycles. The maximum atomic E-state index is 6.59. The standard InChI is InChI=1S/C26H25NO4/c1-28-19-8-9-20-21(12-19)25-22(20)14-27(13-17-5-3-2-4-6-17)26(25)29-15-18-7-10-23-24(11-18)31-16-30-23/h2-12,22,25-26H,13-16H2,1H3. The topological polar surface area (TPSA) is 40.2 Å². The SMILES string of the molecule is COc1ccc2c(c1)C1C2CN(Cc2ccccc2)C1OCc1ccc2c(c1)OCO2. The highest BCUT2D eigenvalue weighted by Gasteiger charge is 2.51. The largest absolute Gasteiger partial charge is 0.497 e. The summed E-state index contributed by atoms with van der Waals surface area (Å²) in [5.74, 6) is 3.38. The van der Waals surface area contributed by atoms with E-state index in [1.165, 1.54) is 16.7 Å². The van der Waals surface area contributed by atoms with Crippen molar-refractivity contribution in [3.8, 4) is 17.2 Å². The Labute approximate surface area is 182 Å². The molecule has 3 aromatic rings. The van der Waals surface area contributed by atoms with E-state index in [2.05, 4.69) is 59.5 Å². The van der Waals surface area contributed by atoms with Gasteiger partial charge in [0.25, 0.3) is 0 Å². The first kappa shape index (κ1) is 18.7. The number of likely N-dealkylation sites (tertiary alicyclic amines) is 1. The third kappa shape index (κ3) is 3.25. The quantitative estimate of drug-likeness (QED) is 0.585. The summed E-state index contributed by atoms with van der Waals surface area (Å²) < 4.78 is 23.0. The van der Waals surface area contributed by atoms with Crippen LogP contribution in [0.4, 0.5) is 0 Å². The van der Waals surface area contributed by atoms with Crippen molar-refractivity contribution in [2.75, 3.05) is 20.4 Å². The number of nitrogens with zero attached hydrogens (tertiary/aromatic N) is 1. The highest BCUT2D eigenvalue weighted by atomic mass is 16.7. The molecule has 0 saturated carbocycles. The minimum absolute atomic E-state index is 0.0234. The summed E-state index contributed by atoms with van der Waals surface area (Å²) in [5.41, 5.74) is 5.19. The molecule has 3 aromatic carbocycles. The summed E-state index contributed by atoms with van der Waals surface area (Å²) in [6, 6.07) is 23.1. The predicted molar refractivity (Wildman–Crippen MR) is 116 cm³/mol. The zero-order valence-corrected chi connectivity index (χ0v) is 17.5. The van der Waals surface area contributed by atoms with Crippen LogP contribution >= 0.6 is 0 Å². The molecule has 3 unspecified atom stereocenters. The Morgan fingerprint density at radius 1 is 0.903 bits per heavy atom. The van der Waals surface area contributed by atoms with E-state index in [9.17, 15) is 0 Å². The van der Waals surface area contributed by atoms with Gasteiger partial charge in [-0.15, -0.1) is 0 Å². The Balaban J connectivity index is 1.26. The van der Waals surface area contributed by atoms with Crippen molar-refractivity contribution in [3.05, 3.63) is 89.0 Å². The normalized spacial score (nSPS) is 23.2. The van der Waals surface area contributed by atoms with Crippen LogP contribution in [0.15, 0.2) is 66.7 Å². The van der Waals surface area contributed by atoms with Gasteiger partial charge in [-0.1, -0.05) is 42.5 Å². The maximum Gasteiger partial charge on any atom is 0.231 e. The first-order chi connectivity index (χ1) is 15.3. The van der Waals surface area contributed by atoms with Gasteiger partial charge < -0.3 is 18.9 Å². The van der Waals surface area contributed by atoms with E-state index in [4.69, 9.17) is 18.9 Å². The fourth-order valence-electron chi connectivity index (χ4n) is 5.16. The first-order valence-corrected chi connectivity index (χ1v) is 10.8. The van der Waals surface area contributed by atoms with Gasteiger partial charge in [-0.25, -0.2) is 0 Å². The zero-order chi connectivity index (χ0) is 20.8. The molecule has 2 aliphatic heterocycles. The number of benzene rings is 3. The van der Waals surface area contributed by atoms with Gasteiger partial charge in [0, 0.05) is 24.9 Å². The lowest BCUT2D eigenvalue weighted by atomic mass is 9.69. The molecular weight excluding hydrogens is 390 g/mol. The van der Waals surface area contributed by atoms with Crippen LogP contribution in [0, 0.1) is 0 Å². The minimum atomic E-state index is 0.0234. The van der Waals surface area contributed by atoms with Crippen LogP contribution in [0.2, 0.25) is 0 Å². The second kappa shape index (κ2) is 7.59. The lowest BCUT2D eigenvalue weighted by molar-refractivity contribution is -0.0594. The van der Waals surface area contributed by atoms with E-state index < -0.39 is 0 Å². The Hall–Kier alpha value is -3.02. The zero-order valence-electron chi connectivity index (χ0n) is 17.5. The Morgan fingerprint density at radius 2 is 1.77 bits per heavy atom. The summed E-state index contributed by atoms with van der Waals surface area (Å²) in [5, 5.41) is 0. The van der Waals surface area contributed by atoms with E-state index in [0.29, 0.717) is 18.4 Å². The molecule has 1 saturated heterocycles. The molecule has 0 N–H and O–H groups in total. The Kier molecular flexibility index (Phi) is 4.59. The molecule has 3 atom stereocenters. The van der Waals surface area contributed by atoms with Gasteiger partial charge in [0.1, 0.15) is 12.0 Å². The van der Waals surface area contributed by atoms with Crippen LogP contribution in [-0.2, 0) is 17.9 Å². The van der Waals surface area contributed by atoms with Crippen molar-refractivity contribution in [2.24, 2.45) is 0 Å². The molecule has 0 radical (unpaired) electrons. The van der Waals surface area contributed by atoms with Gasteiger partial charge in [-0.2, -0.15) is 0 Å². The molecule has 0 amide bonds. The molecule has 6 rings (SSSR count). The second-order valence-corrected chi connectivity index (χ2v) is 8.43. The van der Waals surface area contributed by atoms with Crippen LogP contribution < -0.4 is 14.2 Å². The van der Waals surface area contributed by atoms with E-state index in [0.717, 1.165) is 35.9 Å². The van der Waals surface area contributed by atoms with Gasteiger partial charge in [0.05, 0.1) is 13.7 Å². The molecular formula is C26H25NO4. The summed E-state index contributed by atoms with van der Waals surface area (Å²) >= 11 is 0. The molecule has 0 spiro atoms. The minimum Gasteiger partial charge on any atom is -0.497 e. The van der Waals surface area contributed by atoms with Crippen molar-refractivity contribution >= 4 is 0 Å². The molecule has 31 heavy (non-hydrogen) atoms. The molecule has 5 heteroatoms. The fourth-order valence-corrected chi connectivity index (χ4v) is 5.16. The van der Waals surface area contributed by atoms with E-state index in [1.54, 1.807) is 7.11 Å². The Bertz CT molecular complexity index is 1100. The lowest BCUT2D eigenvalue weighted by Crippen LogP contribution is -2.35. The van der Waals surface area contributed by atoms with Crippen molar-refractivity contribution in [3.63, 3.8) is 0 Å². The summed E-state index contributed by atoms with van der Waals surface area (Å²) in [4.78, 5) is 2.48. The van der Waals surface area contributed by atoms with Gasteiger partial charge >= 0.3 is 0 Å². The highest BCUT2D eigenvalue weighted by molar-refractivity contribution is 5.51. The number of methoxy groups -OCH3 is 1. The average molecular weight is 415 g/mol. The maximum absolute atomic E-state index is 6.59. The van der Waals surface area contributed by atoms with Crippen LogP contribution in [0.3, 0.4) is 0 Å². The van der Waals surface area contributed by atoms with Crippen LogP contribution in [0.1, 0.15) is 34.1 Å². The van der Waals surface area contributed by atoms with Gasteiger partial charge in [-0.05, 0) is 46.5 Å². The summed E-state index contributed by atoms with van der Waals surface area (Å²) in [7, 11) is 1.72. The molecule has 3 aliphatic rings. The molecule has 1 aliphatic carbocycles. The smallest absolute Gasteiger partial charge is 0.231 e. The lowest BCUT2D eigenvalue weighted by Gasteiger charge is -2.37. The third-order valence-electron chi connectivity index (χ3n) is 6.67. The van der Waals surface area contributed by atoms with Gasteiger partial charge in [0.15, 0.2) is 11.5 Å². The molecule has 2 heterocycles. The molecule has 1 fully saturated rings. The number of ether oxygens (including phenoxy) is 4. The molecule has 0 bridgehead atoms. The van der Waals surface area contributed by atoms with Crippen LogP contribution in [0.5, 0.6) is 17.2 Å². The fraction of sp³-hybridized carbons (Fsp3) is 0.308. The molecule has 158 valence electrons. The van der Waals surface area contributed by atoms with Crippen molar-refractivity contribution in [1.29, 1.82) is 0 Å². The van der Waals surface area contributed by atoms with E-state index in [-0.39, 0.29) is 13.0 Å². The summed E-state index contributed by atoms with van der Waals surface area (Å²) in [6.45, 7) is 2.71. The van der Waals surface area contributed by atoms with Crippen molar-refractivity contribution < 1.29 is 18.9 Å². The average Bonchev–Trinajstić information content (AvgIpc) is 3.39. The predicted octanol–water partition coefficient (Wildman–Crippen LogP) is 4.66. The second-order valence-electron chi connectivity index (χ2n) is 8.43. The number of hydrogen-bond acceptors (Lipinski definition) is 5. The van der Waals surface area contributed by atoms with Crippen molar-refractivity contribution in [2.45, 2.75) is 31.2 Å². The van der Waals surface area contributed by atoms with Crippen LogP contribution in [-0.4, -0.2) is 31.6 Å². The number of fused-ring (bicyclic) bond motifs is 5.